The van der Waals surface area contributed by atoms with Crippen molar-refractivity contribution in [2.24, 2.45) is 11.8 Å². The first-order chi connectivity index (χ1) is 9.63. The Morgan fingerprint density at radius 3 is 3.00 bits per heavy atom. The molecule has 2 unspecified atom stereocenters. The van der Waals surface area contributed by atoms with Gasteiger partial charge in [-0.1, -0.05) is 24.6 Å². The van der Waals surface area contributed by atoms with E-state index in [1.807, 2.05) is 0 Å². The molecular formula is C18H25NO. The fraction of sp³-hybridized carbons (Fsp3) is 0.611. The molecule has 1 aromatic carbocycles. The number of aryl methyl sites for hydroxylation is 2. The van der Waals surface area contributed by atoms with Gasteiger partial charge in [-0.05, 0) is 50.2 Å². The van der Waals surface area contributed by atoms with E-state index in [0.717, 1.165) is 32.4 Å². The second-order valence-electron chi connectivity index (χ2n) is 6.72. The molecule has 0 spiro atoms. The standard InChI is InChI=1S/C18H25NO/c1-13-5-7-17-15(10-13)4-3-9-19(17)12-16-11-14(2)6-8-18(16)20/h5,7,10,14,16H,3-4,6,8-9,11-12H2,1-2H3. The first-order valence-electron chi connectivity index (χ1n) is 8.00. The zero-order valence-electron chi connectivity index (χ0n) is 12.7. The van der Waals surface area contributed by atoms with E-state index >= 15 is 0 Å². The molecule has 1 heterocycles. The smallest absolute Gasteiger partial charge is 0.137 e. The summed E-state index contributed by atoms with van der Waals surface area (Å²) in [6.07, 6.45) is 5.36. The maximum absolute atomic E-state index is 12.2. The Labute approximate surface area is 122 Å². The molecule has 1 aliphatic carbocycles. The zero-order chi connectivity index (χ0) is 14.1. The average Bonchev–Trinajstić information content (AvgIpc) is 2.43. The van der Waals surface area contributed by atoms with E-state index in [1.165, 1.54) is 29.7 Å². The number of benzene rings is 1. The van der Waals surface area contributed by atoms with E-state index < -0.39 is 0 Å². The van der Waals surface area contributed by atoms with Crippen molar-refractivity contribution in [3.05, 3.63) is 29.3 Å². The first kappa shape index (κ1) is 13.7. The van der Waals surface area contributed by atoms with Crippen LogP contribution in [0.3, 0.4) is 0 Å². The molecule has 2 atom stereocenters. The van der Waals surface area contributed by atoms with Crippen LogP contribution in [0.25, 0.3) is 0 Å². The third kappa shape index (κ3) is 2.74. The summed E-state index contributed by atoms with van der Waals surface area (Å²) in [5.74, 6) is 1.45. The predicted molar refractivity (Wildman–Crippen MR) is 83.2 cm³/mol. The van der Waals surface area contributed by atoms with Gasteiger partial charge in [0.15, 0.2) is 0 Å². The van der Waals surface area contributed by atoms with Gasteiger partial charge in [0.05, 0.1) is 0 Å². The number of anilines is 1. The van der Waals surface area contributed by atoms with Crippen LogP contribution in [-0.2, 0) is 11.2 Å². The summed E-state index contributed by atoms with van der Waals surface area (Å²) in [4.78, 5) is 14.6. The number of nitrogens with zero attached hydrogens (tertiary/aromatic N) is 1. The van der Waals surface area contributed by atoms with E-state index in [1.54, 1.807) is 0 Å². The summed E-state index contributed by atoms with van der Waals surface area (Å²) >= 11 is 0. The number of Topliss-reactive ketones (excluding diaryl/α,β-unsaturated/α-hetero) is 1. The first-order valence-corrected chi connectivity index (χ1v) is 8.00. The van der Waals surface area contributed by atoms with E-state index in [2.05, 4.69) is 36.9 Å². The highest BCUT2D eigenvalue weighted by Gasteiger charge is 2.29. The zero-order valence-corrected chi connectivity index (χ0v) is 12.7. The molecule has 1 aromatic rings. The van der Waals surface area contributed by atoms with Crippen molar-refractivity contribution in [2.45, 2.75) is 46.0 Å². The predicted octanol–water partition coefficient (Wildman–Crippen LogP) is 3.75. The SMILES string of the molecule is Cc1ccc2c(c1)CCCN2CC1CC(C)CCC1=O. The van der Waals surface area contributed by atoms with Crippen molar-refractivity contribution in [1.82, 2.24) is 0 Å². The van der Waals surface area contributed by atoms with E-state index in [-0.39, 0.29) is 5.92 Å². The molecule has 2 heteroatoms. The van der Waals surface area contributed by atoms with Gasteiger partial charge < -0.3 is 4.90 Å². The quantitative estimate of drug-likeness (QED) is 0.816. The normalized spacial score (nSPS) is 26.5. The van der Waals surface area contributed by atoms with Gasteiger partial charge in [-0.15, -0.1) is 0 Å². The Kier molecular flexibility index (Phi) is 3.82. The molecule has 0 aromatic heterocycles. The van der Waals surface area contributed by atoms with Crippen LogP contribution in [-0.4, -0.2) is 18.9 Å². The largest absolute Gasteiger partial charge is 0.371 e. The maximum atomic E-state index is 12.2. The molecule has 20 heavy (non-hydrogen) atoms. The van der Waals surface area contributed by atoms with Crippen LogP contribution >= 0.6 is 0 Å². The fourth-order valence-electron chi connectivity index (χ4n) is 3.76. The number of ketones is 1. The van der Waals surface area contributed by atoms with Gasteiger partial charge in [0, 0.05) is 31.1 Å². The number of hydrogen-bond acceptors (Lipinski definition) is 2. The minimum Gasteiger partial charge on any atom is -0.371 e. The Hall–Kier alpha value is -1.31. The van der Waals surface area contributed by atoms with Crippen LogP contribution < -0.4 is 4.90 Å². The highest BCUT2D eigenvalue weighted by atomic mass is 16.1. The molecule has 0 N–H and O–H groups in total. The van der Waals surface area contributed by atoms with Crippen molar-refractivity contribution in [3.8, 4) is 0 Å². The van der Waals surface area contributed by atoms with Crippen molar-refractivity contribution >= 4 is 11.5 Å². The number of carbonyl (C=O) groups excluding carboxylic acids is 1. The van der Waals surface area contributed by atoms with Crippen molar-refractivity contribution in [3.63, 3.8) is 0 Å². The van der Waals surface area contributed by atoms with Crippen molar-refractivity contribution < 1.29 is 4.79 Å². The van der Waals surface area contributed by atoms with Crippen LogP contribution in [0.15, 0.2) is 18.2 Å². The van der Waals surface area contributed by atoms with Crippen LogP contribution in [0.1, 0.15) is 43.7 Å². The van der Waals surface area contributed by atoms with Crippen LogP contribution in [0.4, 0.5) is 5.69 Å². The average molecular weight is 271 g/mol. The summed E-state index contributed by atoms with van der Waals surface area (Å²) in [7, 11) is 0. The third-order valence-corrected chi connectivity index (χ3v) is 4.92. The molecule has 2 nitrogen and oxygen atoms in total. The summed E-state index contributed by atoms with van der Waals surface area (Å²) in [6, 6.07) is 6.76. The van der Waals surface area contributed by atoms with Crippen molar-refractivity contribution in [1.29, 1.82) is 0 Å². The van der Waals surface area contributed by atoms with Gasteiger partial charge in [-0.3, -0.25) is 4.79 Å². The third-order valence-electron chi connectivity index (χ3n) is 4.92. The van der Waals surface area contributed by atoms with Crippen molar-refractivity contribution in [2.75, 3.05) is 18.0 Å². The van der Waals surface area contributed by atoms with Crippen LogP contribution in [0.5, 0.6) is 0 Å². The highest BCUT2D eigenvalue weighted by molar-refractivity contribution is 5.82. The number of rotatable bonds is 2. The summed E-state index contributed by atoms with van der Waals surface area (Å²) in [6.45, 7) is 6.48. The number of fused-ring (bicyclic) bond motifs is 1. The van der Waals surface area contributed by atoms with Gasteiger partial charge >= 0.3 is 0 Å². The Bertz CT molecular complexity index is 508. The lowest BCUT2D eigenvalue weighted by molar-refractivity contribution is -0.125. The van der Waals surface area contributed by atoms with Gasteiger partial charge in [0.25, 0.3) is 0 Å². The van der Waals surface area contributed by atoms with Gasteiger partial charge in [0.1, 0.15) is 5.78 Å². The molecule has 2 aliphatic rings. The minimum absolute atomic E-state index is 0.256. The van der Waals surface area contributed by atoms with Crippen LogP contribution in [0.2, 0.25) is 0 Å². The van der Waals surface area contributed by atoms with Crippen LogP contribution in [0, 0.1) is 18.8 Å². The van der Waals surface area contributed by atoms with Gasteiger partial charge in [-0.25, -0.2) is 0 Å². The van der Waals surface area contributed by atoms with Gasteiger partial charge in [0.2, 0.25) is 0 Å². The molecule has 1 aliphatic heterocycles. The minimum atomic E-state index is 0.256. The second-order valence-corrected chi connectivity index (χ2v) is 6.72. The highest BCUT2D eigenvalue weighted by Crippen LogP contribution is 2.32. The summed E-state index contributed by atoms with van der Waals surface area (Å²) in [5, 5.41) is 0. The van der Waals surface area contributed by atoms with E-state index in [4.69, 9.17) is 0 Å². The Morgan fingerprint density at radius 1 is 1.30 bits per heavy atom. The van der Waals surface area contributed by atoms with E-state index in [0.29, 0.717) is 11.7 Å². The lowest BCUT2D eigenvalue weighted by Gasteiger charge is -2.36. The molecule has 1 fully saturated rings. The summed E-state index contributed by atoms with van der Waals surface area (Å²) in [5.41, 5.74) is 4.17. The van der Waals surface area contributed by atoms with E-state index in [9.17, 15) is 4.79 Å². The van der Waals surface area contributed by atoms with Gasteiger partial charge in [-0.2, -0.15) is 0 Å². The number of hydrogen-bond donors (Lipinski definition) is 0. The number of carbonyl (C=O) groups is 1. The monoisotopic (exact) mass is 271 g/mol. The molecule has 0 amide bonds. The molecule has 1 saturated carbocycles. The second kappa shape index (κ2) is 5.59. The lowest BCUT2D eigenvalue weighted by Crippen LogP contribution is -2.39. The molecule has 108 valence electrons. The molecule has 3 rings (SSSR count). The summed E-state index contributed by atoms with van der Waals surface area (Å²) < 4.78 is 0. The molecule has 0 saturated heterocycles. The fourth-order valence-corrected chi connectivity index (χ4v) is 3.76. The maximum Gasteiger partial charge on any atom is 0.137 e. The molecule has 0 radical (unpaired) electrons. The lowest BCUT2D eigenvalue weighted by atomic mass is 9.81. The topological polar surface area (TPSA) is 20.3 Å². The Balaban J connectivity index is 1.77. The molecular weight excluding hydrogens is 246 g/mol. The molecule has 0 bridgehead atoms. The Morgan fingerprint density at radius 2 is 2.15 bits per heavy atom.